The van der Waals surface area contributed by atoms with Crippen molar-refractivity contribution >= 4 is 53.4 Å². The Labute approximate surface area is 238 Å². The second kappa shape index (κ2) is 12.5. The van der Waals surface area contributed by atoms with Gasteiger partial charge in [0, 0.05) is 55.7 Å². The third-order valence-electron chi connectivity index (χ3n) is 6.68. The maximum absolute atomic E-state index is 8.77. The molecule has 1 aliphatic rings. The van der Waals surface area contributed by atoms with Crippen LogP contribution < -0.4 is 16.4 Å². The third-order valence-corrected chi connectivity index (χ3v) is 7.28. The van der Waals surface area contributed by atoms with Gasteiger partial charge >= 0.3 is 0 Å². The Bertz CT molecular complexity index is 1380. The number of hydrogen-bond donors (Lipinski definition) is 3. The lowest BCUT2D eigenvalue weighted by atomic mass is 9.87. The average molecular weight is 565 g/mol. The van der Waals surface area contributed by atoms with Gasteiger partial charge in [0.2, 0.25) is 0 Å². The number of rotatable bonds is 11. The predicted octanol–water partition coefficient (Wildman–Crippen LogP) is 4.72. The van der Waals surface area contributed by atoms with Gasteiger partial charge in [0.05, 0.1) is 21.3 Å². The Morgan fingerprint density at radius 3 is 2.62 bits per heavy atom. The molecule has 0 bridgehead atoms. The van der Waals surface area contributed by atoms with Gasteiger partial charge in [0.25, 0.3) is 0 Å². The highest BCUT2D eigenvalue weighted by molar-refractivity contribution is 6.35. The van der Waals surface area contributed by atoms with E-state index in [2.05, 4.69) is 43.7 Å². The van der Waals surface area contributed by atoms with Gasteiger partial charge in [0.1, 0.15) is 5.69 Å². The molecule has 1 aliphatic heterocycles. The summed E-state index contributed by atoms with van der Waals surface area (Å²) < 4.78 is 0. The summed E-state index contributed by atoms with van der Waals surface area (Å²) in [7, 11) is 0. The van der Waals surface area contributed by atoms with Crippen LogP contribution in [0.15, 0.2) is 65.0 Å². The van der Waals surface area contributed by atoms with Crippen molar-refractivity contribution in [1.29, 1.82) is 5.41 Å². The molecule has 3 heterocycles. The summed E-state index contributed by atoms with van der Waals surface area (Å²) in [4.78, 5) is 14.0. The Hall–Kier alpha value is -3.66. The molecule has 0 radical (unpaired) electrons. The zero-order chi connectivity index (χ0) is 28.0. The van der Waals surface area contributed by atoms with Crippen molar-refractivity contribution in [3.8, 4) is 0 Å². The first-order valence-corrected chi connectivity index (χ1v) is 13.2. The molecule has 5 N–H and O–H groups in total. The van der Waals surface area contributed by atoms with Crippen molar-refractivity contribution in [2.45, 2.75) is 31.2 Å². The van der Waals surface area contributed by atoms with Crippen molar-refractivity contribution < 1.29 is 0 Å². The molecule has 1 atom stereocenters. The molecule has 2 aromatic heterocycles. The molecule has 11 heteroatoms. The van der Waals surface area contributed by atoms with Crippen molar-refractivity contribution in [2.75, 3.05) is 30.3 Å². The first-order chi connectivity index (χ1) is 18.7. The number of nitrogens with zero attached hydrogens (tertiary/aromatic N) is 6. The van der Waals surface area contributed by atoms with E-state index in [1.165, 1.54) is 0 Å². The number of aliphatic imine (C=N–C) groups is 2. The standard InChI is InChI=1S/C28H31Cl2N9/c1-18(26-21(29)14-36-15-22(26)30)12-19-4-5-23(31)20(13-19)27(32)24-6-7-25(38-37-24)39-16-28(33,17-39)8-11-35-10-3-9-34-2/h3-7,9-10,13-15,18,32H,2,8,11-12,16-17,31,33H2,1H3/b9-3-,32-27?,35-10?/t18-/m0/s1. The lowest BCUT2D eigenvalue weighted by Crippen LogP contribution is -2.68. The fraction of sp³-hybridized carbons (Fsp3) is 0.286. The molecule has 0 spiro atoms. The molecule has 202 valence electrons. The van der Waals surface area contributed by atoms with Crippen LogP contribution in [0.25, 0.3) is 0 Å². The molecule has 4 rings (SSSR count). The normalized spacial score (nSPS) is 15.4. The van der Waals surface area contributed by atoms with Gasteiger partial charge in [-0.05, 0) is 66.9 Å². The number of nitrogens with two attached hydrogens (primary N) is 2. The second-order valence-electron chi connectivity index (χ2n) is 9.74. The molecule has 9 nitrogen and oxygen atoms in total. The van der Waals surface area contributed by atoms with E-state index in [9.17, 15) is 0 Å². The van der Waals surface area contributed by atoms with Crippen LogP contribution in [0.1, 0.15) is 41.6 Å². The molecule has 1 saturated heterocycles. The smallest absolute Gasteiger partial charge is 0.151 e. The zero-order valence-corrected chi connectivity index (χ0v) is 23.2. The van der Waals surface area contributed by atoms with E-state index < -0.39 is 0 Å². The number of halogens is 2. The van der Waals surface area contributed by atoms with Gasteiger partial charge in [-0.2, -0.15) is 0 Å². The molecule has 0 unspecified atom stereocenters. The Morgan fingerprint density at radius 2 is 1.95 bits per heavy atom. The third kappa shape index (κ3) is 6.86. The molecule has 0 saturated carbocycles. The minimum atomic E-state index is -0.318. The van der Waals surface area contributed by atoms with E-state index >= 15 is 0 Å². The van der Waals surface area contributed by atoms with Crippen LogP contribution in [-0.2, 0) is 6.42 Å². The van der Waals surface area contributed by atoms with Crippen LogP contribution in [0.4, 0.5) is 11.5 Å². The van der Waals surface area contributed by atoms with Crippen LogP contribution in [0, 0.1) is 5.41 Å². The minimum Gasteiger partial charge on any atom is -0.398 e. The lowest BCUT2D eigenvalue weighted by molar-refractivity contribution is 0.312. The first-order valence-electron chi connectivity index (χ1n) is 12.5. The van der Waals surface area contributed by atoms with E-state index in [0.29, 0.717) is 53.0 Å². The maximum atomic E-state index is 8.77. The van der Waals surface area contributed by atoms with E-state index in [1.807, 2.05) is 18.2 Å². The number of pyridine rings is 1. The van der Waals surface area contributed by atoms with Crippen LogP contribution in [-0.4, -0.2) is 59.0 Å². The van der Waals surface area contributed by atoms with Gasteiger partial charge < -0.3 is 16.4 Å². The number of anilines is 2. The molecule has 0 amide bonds. The fourth-order valence-electron chi connectivity index (χ4n) is 4.62. The Morgan fingerprint density at radius 1 is 1.21 bits per heavy atom. The van der Waals surface area contributed by atoms with Crippen molar-refractivity contribution in [2.24, 2.45) is 15.7 Å². The highest BCUT2D eigenvalue weighted by Crippen LogP contribution is 2.33. The Kier molecular flexibility index (Phi) is 9.06. The van der Waals surface area contributed by atoms with Gasteiger partial charge in [-0.3, -0.25) is 20.4 Å². The lowest BCUT2D eigenvalue weighted by Gasteiger charge is -2.48. The number of allylic oxidation sites excluding steroid dienone is 1. The quantitative estimate of drug-likeness (QED) is 0.227. The number of nitrogens with one attached hydrogen (secondary N) is 1. The van der Waals surface area contributed by atoms with Gasteiger partial charge in [0.15, 0.2) is 5.82 Å². The summed E-state index contributed by atoms with van der Waals surface area (Å²) >= 11 is 12.7. The number of hydrogen-bond acceptors (Lipinski definition) is 9. The molecule has 0 aliphatic carbocycles. The minimum absolute atomic E-state index is 0.0436. The Balaban J connectivity index is 1.39. The highest BCUT2D eigenvalue weighted by atomic mass is 35.5. The van der Waals surface area contributed by atoms with E-state index in [1.54, 1.807) is 43.0 Å². The summed E-state index contributed by atoms with van der Waals surface area (Å²) in [6, 6.07) is 9.32. The maximum Gasteiger partial charge on any atom is 0.151 e. The van der Waals surface area contributed by atoms with E-state index in [0.717, 1.165) is 23.4 Å². The van der Waals surface area contributed by atoms with Crippen molar-refractivity contribution in [3.05, 3.63) is 87.4 Å². The van der Waals surface area contributed by atoms with Gasteiger partial charge in [-0.25, -0.2) is 0 Å². The molecular formula is C28H31Cl2N9. The number of benzene rings is 1. The monoisotopic (exact) mass is 563 g/mol. The zero-order valence-electron chi connectivity index (χ0n) is 21.7. The summed E-state index contributed by atoms with van der Waals surface area (Å²) in [5.74, 6) is 0.764. The molecular weight excluding hydrogens is 533 g/mol. The predicted molar refractivity (Wildman–Crippen MR) is 161 cm³/mol. The topological polar surface area (TPSA) is 143 Å². The van der Waals surface area contributed by atoms with Crippen molar-refractivity contribution in [3.63, 3.8) is 0 Å². The van der Waals surface area contributed by atoms with Crippen LogP contribution in [0.3, 0.4) is 0 Å². The van der Waals surface area contributed by atoms with E-state index in [4.69, 9.17) is 40.1 Å². The van der Waals surface area contributed by atoms with Crippen LogP contribution >= 0.6 is 23.2 Å². The fourth-order valence-corrected chi connectivity index (χ4v) is 5.35. The van der Waals surface area contributed by atoms with Crippen LogP contribution in [0.5, 0.6) is 0 Å². The second-order valence-corrected chi connectivity index (χ2v) is 10.6. The molecule has 3 aromatic rings. The molecule has 1 aromatic carbocycles. The summed E-state index contributed by atoms with van der Waals surface area (Å²) in [5, 5.41) is 18.5. The summed E-state index contributed by atoms with van der Waals surface area (Å²) in [6.07, 6.45) is 9.63. The van der Waals surface area contributed by atoms with Gasteiger partial charge in [-0.15, -0.1) is 10.2 Å². The average Bonchev–Trinajstić information content (AvgIpc) is 2.90. The SMILES string of the molecule is C=N/C=C\C=NCCC1(N)CN(c2ccc(C(=N)c3cc(C[C@H](C)c4c(Cl)cncc4Cl)ccc3N)nn2)C1. The number of nitrogen functional groups attached to an aromatic ring is 1. The largest absolute Gasteiger partial charge is 0.398 e. The van der Waals surface area contributed by atoms with Crippen molar-refractivity contribution in [1.82, 2.24) is 15.2 Å². The highest BCUT2D eigenvalue weighted by Gasteiger charge is 2.39. The summed E-state index contributed by atoms with van der Waals surface area (Å²) in [5.41, 5.74) is 16.0. The number of aromatic nitrogens is 3. The van der Waals surface area contributed by atoms with E-state index in [-0.39, 0.29) is 17.2 Å². The molecule has 39 heavy (non-hydrogen) atoms. The van der Waals surface area contributed by atoms with Crippen LogP contribution in [0.2, 0.25) is 10.0 Å². The summed E-state index contributed by atoms with van der Waals surface area (Å²) in [6.45, 7) is 7.39. The van der Waals surface area contributed by atoms with Gasteiger partial charge in [-0.1, -0.05) is 36.2 Å². The molecule has 1 fully saturated rings. The first kappa shape index (κ1) is 28.4.